The van der Waals surface area contributed by atoms with Crippen molar-refractivity contribution < 1.29 is 19.1 Å². The predicted molar refractivity (Wildman–Crippen MR) is 122 cm³/mol. The molecule has 1 fully saturated rings. The topological polar surface area (TPSA) is 80.8 Å². The van der Waals surface area contributed by atoms with Gasteiger partial charge in [0, 0.05) is 18.3 Å². The van der Waals surface area contributed by atoms with Crippen molar-refractivity contribution >= 4 is 23.3 Å². The molecule has 1 N–H and O–H groups in total. The Morgan fingerprint density at radius 2 is 1.62 bits per heavy atom. The number of pyridine rings is 1. The van der Waals surface area contributed by atoms with Crippen LogP contribution in [-0.2, 0) is 9.59 Å². The average Bonchev–Trinajstić information content (AvgIpc) is 2.84. The fourth-order valence-electron chi connectivity index (χ4n) is 4.05. The summed E-state index contributed by atoms with van der Waals surface area (Å²) in [6, 6.07) is 19.7. The molecule has 2 aromatic carbocycles. The molecule has 164 valence electrons. The van der Waals surface area contributed by atoms with E-state index in [1.165, 1.54) is 0 Å². The van der Waals surface area contributed by atoms with Gasteiger partial charge in [-0.2, -0.15) is 0 Å². The molecular weight excluding hydrogens is 406 g/mol. The fraction of sp³-hybridized carbons (Fsp3) is 0.240. The number of carbonyl (C=O) groups excluding carboxylic acids is 2. The average molecular weight is 431 g/mol. The number of benzene rings is 2. The summed E-state index contributed by atoms with van der Waals surface area (Å²) in [5, 5.41) is 2.91. The van der Waals surface area contributed by atoms with Crippen molar-refractivity contribution in [3.63, 3.8) is 0 Å². The lowest BCUT2D eigenvalue weighted by Crippen LogP contribution is -2.47. The molecule has 0 radical (unpaired) electrons. The number of methoxy groups -OCH3 is 2. The number of piperidine rings is 1. The minimum atomic E-state index is -0.473. The summed E-state index contributed by atoms with van der Waals surface area (Å²) in [5.74, 6) is 1.24. The van der Waals surface area contributed by atoms with Gasteiger partial charge in [0.05, 0.1) is 26.2 Å². The number of nitrogens with zero attached hydrogens (tertiary/aromatic N) is 2. The first-order valence-electron chi connectivity index (χ1n) is 10.4. The molecule has 2 unspecified atom stereocenters. The first-order valence-corrected chi connectivity index (χ1v) is 10.4. The lowest BCUT2D eigenvalue weighted by molar-refractivity contribution is -0.125. The Morgan fingerprint density at radius 1 is 0.969 bits per heavy atom. The van der Waals surface area contributed by atoms with Gasteiger partial charge >= 0.3 is 0 Å². The number of hydrogen-bond acceptors (Lipinski definition) is 5. The van der Waals surface area contributed by atoms with Crippen LogP contribution in [-0.4, -0.2) is 31.0 Å². The normalized spacial score (nSPS) is 18.2. The van der Waals surface area contributed by atoms with Gasteiger partial charge < -0.3 is 19.7 Å². The van der Waals surface area contributed by atoms with E-state index in [1.807, 2.05) is 54.6 Å². The molecule has 1 aliphatic rings. The Bertz CT molecular complexity index is 1070. The number of hydrogen-bond donors (Lipinski definition) is 1. The van der Waals surface area contributed by atoms with Crippen LogP contribution in [0.3, 0.4) is 0 Å². The van der Waals surface area contributed by atoms with E-state index in [9.17, 15) is 9.59 Å². The van der Waals surface area contributed by atoms with E-state index in [2.05, 4.69) is 10.3 Å². The van der Waals surface area contributed by atoms with Crippen molar-refractivity contribution in [3.05, 3.63) is 78.5 Å². The molecule has 1 saturated heterocycles. The second-order valence-electron chi connectivity index (χ2n) is 7.53. The lowest BCUT2D eigenvalue weighted by atomic mass is 9.83. The fourth-order valence-corrected chi connectivity index (χ4v) is 4.05. The number of amides is 2. The quantitative estimate of drug-likeness (QED) is 0.632. The molecule has 1 aromatic heterocycles. The minimum Gasteiger partial charge on any atom is -0.497 e. The molecule has 2 atom stereocenters. The highest BCUT2D eigenvalue weighted by molar-refractivity contribution is 6.00. The molecule has 7 nitrogen and oxygen atoms in total. The van der Waals surface area contributed by atoms with Gasteiger partial charge in [-0.15, -0.1) is 0 Å². The first kappa shape index (κ1) is 21.4. The van der Waals surface area contributed by atoms with Crippen LogP contribution in [0.25, 0.3) is 0 Å². The van der Waals surface area contributed by atoms with Gasteiger partial charge in [0.25, 0.3) is 0 Å². The summed E-state index contributed by atoms with van der Waals surface area (Å²) in [4.78, 5) is 32.4. The van der Waals surface area contributed by atoms with Gasteiger partial charge in [-0.05, 0) is 60.5 Å². The molecule has 1 aliphatic heterocycles. The first-order chi connectivity index (χ1) is 15.6. The SMILES string of the molecule is COc1ccc(C2C(C(=O)Nc3ccccn3)CCC(=O)N2c2ccc(OC)cc2)cc1. The number of nitrogens with one attached hydrogen (secondary N) is 1. The summed E-state index contributed by atoms with van der Waals surface area (Å²) in [6.45, 7) is 0. The molecule has 0 aliphatic carbocycles. The number of anilines is 2. The Kier molecular flexibility index (Phi) is 6.35. The maximum absolute atomic E-state index is 13.3. The van der Waals surface area contributed by atoms with Gasteiger partial charge in [-0.1, -0.05) is 18.2 Å². The molecule has 0 saturated carbocycles. The van der Waals surface area contributed by atoms with Gasteiger partial charge in [0.15, 0.2) is 0 Å². The largest absolute Gasteiger partial charge is 0.497 e. The Morgan fingerprint density at radius 3 is 2.22 bits per heavy atom. The highest BCUT2D eigenvalue weighted by Gasteiger charge is 2.41. The highest BCUT2D eigenvalue weighted by atomic mass is 16.5. The molecule has 2 amide bonds. The zero-order chi connectivity index (χ0) is 22.5. The molecule has 4 rings (SSSR count). The van der Waals surface area contributed by atoms with Crippen LogP contribution in [0.2, 0.25) is 0 Å². The third-order valence-corrected chi connectivity index (χ3v) is 5.66. The number of rotatable bonds is 6. The standard InChI is InChI=1S/C25H25N3O4/c1-31-19-10-6-17(7-11-19)24-21(25(30)27-22-5-3-4-16-26-22)14-15-23(29)28(24)18-8-12-20(32-2)13-9-18/h3-13,16,21,24H,14-15H2,1-2H3,(H,26,27,30). The minimum absolute atomic E-state index is 0.0297. The van der Waals surface area contributed by atoms with Crippen molar-refractivity contribution in [1.82, 2.24) is 4.98 Å². The lowest BCUT2D eigenvalue weighted by Gasteiger charge is -2.40. The number of carbonyl (C=O) groups is 2. The van der Waals surface area contributed by atoms with Crippen molar-refractivity contribution in [3.8, 4) is 11.5 Å². The second kappa shape index (κ2) is 9.51. The van der Waals surface area contributed by atoms with Gasteiger partial charge in [0.1, 0.15) is 17.3 Å². The summed E-state index contributed by atoms with van der Waals surface area (Å²) in [7, 11) is 3.20. The van der Waals surface area contributed by atoms with E-state index in [0.717, 1.165) is 5.56 Å². The van der Waals surface area contributed by atoms with Crippen LogP contribution >= 0.6 is 0 Å². The maximum atomic E-state index is 13.3. The molecule has 2 heterocycles. The number of ether oxygens (including phenoxy) is 2. The third kappa shape index (κ3) is 4.42. The Balaban J connectivity index is 1.73. The van der Waals surface area contributed by atoms with E-state index >= 15 is 0 Å². The Hall–Kier alpha value is -3.87. The molecule has 32 heavy (non-hydrogen) atoms. The molecule has 7 heteroatoms. The monoisotopic (exact) mass is 431 g/mol. The highest BCUT2D eigenvalue weighted by Crippen LogP contribution is 2.41. The van der Waals surface area contributed by atoms with Crippen molar-refractivity contribution in [2.24, 2.45) is 5.92 Å². The smallest absolute Gasteiger partial charge is 0.231 e. The third-order valence-electron chi connectivity index (χ3n) is 5.66. The second-order valence-corrected chi connectivity index (χ2v) is 7.53. The molecule has 0 bridgehead atoms. The zero-order valence-electron chi connectivity index (χ0n) is 18.0. The molecule has 3 aromatic rings. The van der Waals surface area contributed by atoms with Crippen LogP contribution in [0.15, 0.2) is 72.9 Å². The van der Waals surface area contributed by atoms with Crippen LogP contribution < -0.4 is 19.7 Å². The van der Waals surface area contributed by atoms with Crippen molar-refractivity contribution in [2.75, 3.05) is 24.4 Å². The summed E-state index contributed by atoms with van der Waals surface area (Å²) < 4.78 is 10.5. The van der Waals surface area contributed by atoms with Gasteiger partial charge in [-0.3, -0.25) is 9.59 Å². The Labute approximate surface area is 187 Å². The van der Waals surface area contributed by atoms with E-state index in [0.29, 0.717) is 29.4 Å². The van der Waals surface area contributed by atoms with Gasteiger partial charge in [0.2, 0.25) is 11.8 Å². The van der Waals surface area contributed by atoms with Crippen LogP contribution in [0, 0.1) is 5.92 Å². The van der Waals surface area contributed by atoms with Crippen LogP contribution in [0.5, 0.6) is 11.5 Å². The van der Waals surface area contributed by atoms with E-state index < -0.39 is 12.0 Å². The van der Waals surface area contributed by atoms with Crippen LogP contribution in [0.1, 0.15) is 24.4 Å². The van der Waals surface area contributed by atoms with Crippen molar-refractivity contribution in [2.45, 2.75) is 18.9 Å². The summed E-state index contributed by atoms with van der Waals surface area (Å²) >= 11 is 0. The predicted octanol–water partition coefficient (Wildman–Crippen LogP) is 4.22. The van der Waals surface area contributed by atoms with E-state index in [1.54, 1.807) is 37.4 Å². The van der Waals surface area contributed by atoms with Crippen molar-refractivity contribution in [1.29, 1.82) is 0 Å². The summed E-state index contributed by atoms with van der Waals surface area (Å²) in [5.41, 5.74) is 1.57. The van der Waals surface area contributed by atoms with Gasteiger partial charge in [-0.25, -0.2) is 4.98 Å². The maximum Gasteiger partial charge on any atom is 0.231 e. The van der Waals surface area contributed by atoms with Crippen LogP contribution in [0.4, 0.5) is 11.5 Å². The zero-order valence-corrected chi connectivity index (χ0v) is 18.0. The van der Waals surface area contributed by atoms with E-state index in [-0.39, 0.29) is 18.2 Å². The molecular formula is C25H25N3O4. The van der Waals surface area contributed by atoms with E-state index in [4.69, 9.17) is 9.47 Å². The number of aromatic nitrogens is 1. The molecule has 0 spiro atoms. The summed E-state index contributed by atoms with van der Waals surface area (Å²) in [6.07, 6.45) is 2.35.